The monoisotopic (exact) mass is 1120 g/mol. The van der Waals surface area contributed by atoms with Crippen molar-refractivity contribution in [2.45, 2.75) is 322 Å². The van der Waals surface area contributed by atoms with Crippen molar-refractivity contribution >= 4 is 17.9 Å². The van der Waals surface area contributed by atoms with Crippen LogP contribution >= 0.6 is 0 Å². The Balaban J connectivity index is 4.46. The topological polar surface area (TPSA) is 78.9 Å². The molecule has 0 heterocycles. The summed E-state index contributed by atoms with van der Waals surface area (Å²) in [5.41, 5.74) is 0. The van der Waals surface area contributed by atoms with Gasteiger partial charge in [-0.05, 0) is 116 Å². The lowest BCUT2D eigenvalue weighted by molar-refractivity contribution is -0.167. The number of esters is 3. The Morgan fingerprint density at radius 2 is 0.481 bits per heavy atom. The van der Waals surface area contributed by atoms with Crippen molar-refractivity contribution in [3.05, 3.63) is 122 Å². The summed E-state index contributed by atoms with van der Waals surface area (Å²) in [5.74, 6) is -0.938. The van der Waals surface area contributed by atoms with Gasteiger partial charge in [-0.25, -0.2) is 0 Å². The highest BCUT2D eigenvalue weighted by Gasteiger charge is 2.19. The van der Waals surface area contributed by atoms with Gasteiger partial charge in [-0.15, -0.1) is 0 Å². The fraction of sp³-hybridized carbons (Fsp3) is 0.693. The van der Waals surface area contributed by atoms with Gasteiger partial charge in [-0.1, -0.05) is 303 Å². The molecule has 1 atom stereocenters. The summed E-state index contributed by atoms with van der Waals surface area (Å²) in [6.45, 7) is 6.50. The molecule has 0 bridgehead atoms. The normalized spacial score (nSPS) is 12.9. The first-order valence-corrected chi connectivity index (χ1v) is 34.0. The lowest BCUT2D eigenvalue weighted by Gasteiger charge is -2.18. The molecule has 0 N–H and O–H groups in total. The molecule has 0 saturated carbocycles. The summed E-state index contributed by atoms with van der Waals surface area (Å²) in [6.07, 6.45) is 94.9. The third-order valence-corrected chi connectivity index (χ3v) is 14.5. The summed E-state index contributed by atoms with van der Waals surface area (Å²) >= 11 is 0. The number of allylic oxidation sites excluding steroid dienone is 20. The van der Waals surface area contributed by atoms with Crippen LogP contribution in [-0.4, -0.2) is 37.2 Å². The van der Waals surface area contributed by atoms with Crippen molar-refractivity contribution in [1.29, 1.82) is 0 Å². The molecule has 0 radical (unpaired) electrons. The smallest absolute Gasteiger partial charge is 0.306 e. The number of ether oxygens (including phenoxy) is 3. The second-order valence-electron chi connectivity index (χ2n) is 22.4. The van der Waals surface area contributed by atoms with Crippen molar-refractivity contribution in [3.8, 4) is 0 Å². The summed E-state index contributed by atoms with van der Waals surface area (Å²) in [4.78, 5) is 38.4. The molecule has 81 heavy (non-hydrogen) atoms. The van der Waals surface area contributed by atoms with E-state index < -0.39 is 6.10 Å². The molecule has 1 unspecified atom stereocenters. The van der Waals surface area contributed by atoms with Gasteiger partial charge in [0.25, 0.3) is 0 Å². The van der Waals surface area contributed by atoms with Gasteiger partial charge in [0.1, 0.15) is 13.2 Å². The SMILES string of the molecule is CC/C=C\C/C=C\C/C=C\C/C=C\C/C=C\C/C=C\C/C=C\C/C=C\CCCCC(=O)OCC(COC(=O)CCCCCCCCCCCCCCCCCCCC)OC(=O)CCCCCCCCC/C=C\C/C=C\CCCCCC. The van der Waals surface area contributed by atoms with E-state index in [1.54, 1.807) is 0 Å². The predicted octanol–water partition coefficient (Wildman–Crippen LogP) is 23.6. The Labute approximate surface area is 501 Å². The lowest BCUT2D eigenvalue weighted by Crippen LogP contribution is -2.30. The maximum absolute atomic E-state index is 12.9. The van der Waals surface area contributed by atoms with Gasteiger partial charge >= 0.3 is 17.9 Å². The van der Waals surface area contributed by atoms with Gasteiger partial charge in [0.05, 0.1) is 0 Å². The number of rotatable bonds is 61. The molecule has 0 aromatic rings. The highest BCUT2D eigenvalue weighted by atomic mass is 16.6. The van der Waals surface area contributed by atoms with E-state index in [0.717, 1.165) is 122 Å². The van der Waals surface area contributed by atoms with Crippen LogP contribution in [0.5, 0.6) is 0 Å². The molecule has 0 amide bonds. The molecule has 0 aromatic carbocycles. The second-order valence-corrected chi connectivity index (χ2v) is 22.4. The summed E-state index contributed by atoms with van der Waals surface area (Å²) in [6, 6.07) is 0. The van der Waals surface area contributed by atoms with Crippen LogP contribution in [-0.2, 0) is 28.6 Å². The van der Waals surface area contributed by atoms with Crippen LogP contribution in [0.15, 0.2) is 122 Å². The molecule has 6 heteroatoms. The zero-order valence-electron chi connectivity index (χ0n) is 53.0. The van der Waals surface area contributed by atoms with Crippen LogP contribution in [0.2, 0.25) is 0 Å². The van der Waals surface area contributed by atoms with E-state index in [-0.39, 0.29) is 31.1 Å². The molecule has 0 saturated heterocycles. The number of hydrogen-bond donors (Lipinski definition) is 0. The average molecular weight is 1120 g/mol. The van der Waals surface area contributed by atoms with E-state index >= 15 is 0 Å². The first kappa shape index (κ1) is 76.8. The fourth-order valence-corrected chi connectivity index (χ4v) is 9.37. The molecule has 462 valence electrons. The molecular formula is C75H126O6. The van der Waals surface area contributed by atoms with Gasteiger partial charge in [0.2, 0.25) is 0 Å². The molecule has 0 aliphatic heterocycles. The predicted molar refractivity (Wildman–Crippen MR) is 353 cm³/mol. The van der Waals surface area contributed by atoms with Gasteiger partial charge in [-0.3, -0.25) is 14.4 Å². The minimum Gasteiger partial charge on any atom is -0.462 e. The maximum atomic E-state index is 12.9. The number of hydrogen-bond acceptors (Lipinski definition) is 6. The van der Waals surface area contributed by atoms with Crippen LogP contribution in [0.1, 0.15) is 316 Å². The third kappa shape index (κ3) is 66.5. The first-order valence-electron chi connectivity index (χ1n) is 34.0. The molecule has 0 fully saturated rings. The Morgan fingerprint density at radius 3 is 0.790 bits per heavy atom. The third-order valence-electron chi connectivity index (χ3n) is 14.5. The second kappa shape index (κ2) is 68.3. The highest BCUT2D eigenvalue weighted by molar-refractivity contribution is 5.71. The van der Waals surface area contributed by atoms with Crippen LogP contribution in [0.4, 0.5) is 0 Å². The Morgan fingerprint density at radius 1 is 0.259 bits per heavy atom. The van der Waals surface area contributed by atoms with E-state index in [4.69, 9.17) is 14.2 Å². The quantitative estimate of drug-likeness (QED) is 0.0261. The van der Waals surface area contributed by atoms with Gasteiger partial charge in [0.15, 0.2) is 6.10 Å². The number of unbranched alkanes of at least 4 members (excludes halogenated alkanes) is 30. The van der Waals surface area contributed by atoms with E-state index in [1.807, 2.05) is 0 Å². The van der Waals surface area contributed by atoms with Crippen molar-refractivity contribution in [1.82, 2.24) is 0 Å². The van der Waals surface area contributed by atoms with E-state index in [1.165, 1.54) is 154 Å². The van der Waals surface area contributed by atoms with E-state index in [0.29, 0.717) is 19.3 Å². The van der Waals surface area contributed by atoms with Gasteiger partial charge in [-0.2, -0.15) is 0 Å². The molecule has 0 aliphatic rings. The average Bonchev–Trinajstić information content (AvgIpc) is 3.47. The van der Waals surface area contributed by atoms with Crippen molar-refractivity contribution in [3.63, 3.8) is 0 Å². The van der Waals surface area contributed by atoms with E-state index in [2.05, 4.69) is 142 Å². The Kier molecular flexibility index (Phi) is 64.8. The van der Waals surface area contributed by atoms with Crippen molar-refractivity contribution in [2.75, 3.05) is 13.2 Å². The minimum absolute atomic E-state index is 0.0947. The van der Waals surface area contributed by atoms with Crippen LogP contribution in [0.25, 0.3) is 0 Å². The number of carbonyl (C=O) groups excluding carboxylic acids is 3. The lowest BCUT2D eigenvalue weighted by atomic mass is 10.0. The molecule has 0 spiro atoms. The fourth-order valence-electron chi connectivity index (χ4n) is 9.37. The van der Waals surface area contributed by atoms with Gasteiger partial charge in [0, 0.05) is 19.3 Å². The summed E-state index contributed by atoms with van der Waals surface area (Å²) in [7, 11) is 0. The Hall–Kier alpha value is -4.19. The minimum atomic E-state index is -0.804. The largest absolute Gasteiger partial charge is 0.462 e. The Bertz CT molecular complexity index is 1670. The zero-order chi connectivity index (χ0) is 58.5. The van der Waals surface area contributed by atoms with Crippen molar-refractivity contribution in [2.24, 2.45) is 0 Å². The molecule has 0 rings (SSSR count). The summed E-state index contributed by atoms with van der Waals surface area (Å²) in [5, 5.41) is 0. The van der Waals surface area contributed by atoms with Crippen LogP contribution < -0.4 is 0 Å². The summed E-state index contributed by atoms with van der Waals surface area (Å²) < 4.78 is 16.9. The molecule has 0 aromatic heterocycles. The highest BCUT2D eigenvalue weighted by Crippen LogP contribution is 2.16. The standard InChI is InChI=1S/C75H126O6/c1-4-7-10-13-16-19-22-25-28-31-34-35-36-37-38-39-40-41-42-45-47-50-53-56-59-62-65-68-74(77)80-71-72(81-75(78)69-66-63-60-57-54-51-48-44-33-30-27-24-21-18-15-12-9-6-3)70-79-73(76)67-64-61-58-55-52-49-46-43-32-29-26-23-20-17-14-11-8-5-2/h7,10,16,19,21,24-25,28,30,33-35,37-38,40-41,45,47,53,56,72H,4-6,8-9,11-15,17-18,20,22-23,26-27,29,31-32,36,39,42-44,46,48-52,54-55,57-71H2,1-3H3/b10-7-,19-16-,24-21-,28-25-,33-30-,35-34-,38-37-,41-40-,47-45-,56-53-. The van der Waals surface area contributed by atoms with Gasteiger partial charge < -0.3 is 14.2 Å². The van der Waals surface area contributed by atoms with Crippen LogP contribution in [0, 0.1) is 0 Å². The zero-order valence-corrected chi connectivity index (χ0v) is 53.0. The maximum Gasteiger partial charge on any atom is 0.306 e. The molecule has 6 nitrogen and oxygen atoms in total. The van der Waals surface area contributed by atoms with Crippen LogP contribution in [0.3, 0.4) is 0 Å². The van der Waals surface area contributed by atoms with Crippen molar-refractivity contribution < 1.29 is 28.6 Å². The first-order chi connectivity index (χ1) is 40.0. The molecule has 0 aliphatic carbocycles. The number of carbonyl (C=O) groups is 3. The van der Waals surface area contributed by atoms with E-state index in [9.17, 15) is 14.4 Å². The molecular weight excluding hydrogens is 997 g/mol.